The molecule has 0 heterocycles. The van der Waals surface area contributed by atoms with Gasteiger partial charge in [0, 0.05) is 6.07 Å². The number of carbonyl (C=O) groups excluding carboxylic acids is 2. The lowest BCUT2D eigenvalue weighted by molar-refractivity contribution is -0.344. The third-order valence-corrected chi connectivity index (χ3v) is 6.26. The summed E-state index contributed by atoms with van der Waals surface area (Å²) in [6, 6.07) is 9.17. The highest BCUT2D eigenvalue weighted by molar-refractivity contribution is 7.92. The molecule has 1 aliphatic carbocycles. The van der Waals surface area contributed by atoms with Gasteiger partial charge < -0.3 is 20.4 Å². The fraction of sp³-hybridized carbons (Fsp3) is 0.250. The number of carbonyl (C=O) groups is 2. The average molecular weight is 520 g/mol. The molecule has 4 N–H and O–H groups in total. The van der Waals surface area contributed by atoms with E-state index in [-0.39, 0.29) is 32.7 Å². The topological polar surface area (TPSA) is 164 Å². The minimum Gasteiger partial charge on any atom is -0.542 e. The van der Waals surface area contributed by atoms with Crippen LogP contribution in [0.3, 0.4) is 0 Å². The zero-order valence-electron chi connectivity index (χ0n) is 17.4. The number of methoxy groups -OCH3 is 1. The van der Waals surface area contributed by atoms with Crippen molar-refractivity contribution in [1.82, 2.24) is 0 Å². The Hall–Kier alpha value is -3.34. The van der Waals surface area contributed by atoms with Crippen LogP contribution in [0.5, 0.6) is 0 Å². The summed E-state index contributed by atoms with van der Waals surface area (Å²) < 4.78 is 64.8. The molecular formula is C20H17ClF3N3O6S. The van der Waals surface area contributed by atoms with Gasteiger partial charge in [-0.3, -0.25) is 4.72 Å². The highest BCUT2D eigenvalue weighted by Crippen LogP contribution is 2.43. The van der Waals surface area contributed by atoms with Crippen LogP contribution in [0, 0.1) is 11.3 Å². The maximum absolute atomic E-state index is 13.0. The number of benzene rings is 2. The molecule has 34 heavy (non-hydrogen) atoms. The molecule has 9 nitrogen and oxygen atoms in total. The zero-order chi connectivity index (χ0) is 25.8. The van der Waals surface area contributed by atoms with Crippen molar-refractivity contribution < 1.29 is 46.8 Å². The summed E-state index contributed by atoms with van der Waals surface area (Å²) in [6.07, 6.45) is -3.42. The second-order valence-electron chi connectivity index (χ2n) is 7.01. The summed E-state index contributed by atoms with van der Waals surface area (Å²) in [6.45, 7) is 0. The Kier molecular flexibility index (Phi) is 8.14. The molecule has 2 aromatic carbocycles. The van der Waals surface area contributed by atoms with Crippen LogP contribution < -0.4 is 15.6 Å². The molecule has 1 fully saturated rings. The number of alkyl halides is 3. The molecular weight excluding hydrogens is 503 g/mol. The number of sulfonamides is 1. The van der Waals surface area contributed by atoms with Crippen molar-refractivity contribution >= 4 is 44.9 Å². The van der Waals surface area contributed by atoms with Crippen molar-refractivity contribution in [2.75, 3.05) is 11.8 Å². The Balaban J connectivity index is 0.000000509. The lowest BCUT2D eigenvalue weighted by Crippen LogP contribution is -2.41. The number of rotatable bonds is 5. The van der Waals surface area contributed by atoms with E-state index in [0.717, 1.165) is 12.8 Å². The van der Waals surface area contributed by atoms with Crippen LogP contribution >= 0.6 is 11.6 Å². The number of anilines is 1. The number of nitrogens with one attached hydrogen (secondary N) is 1. The van der Waals surface area contributed by atoms with Crippen LogP contribution in [0.4, 0.5) is 24.5 Å². The first-order chi connectivity index (χ1) is 15.7. The molecule has 0 aliphatic heterocycles. The number of hydrogen-bond donors (Lipinski definition) is 2. The smallest absolute Gasteiger partial charge is 0.430 e. The number of nitriles is 1. The summed E-state index contributed by atoms with van der Waals surface area (Å²) in [4.78, 5) is 20.6. The first-order valence-corrected chi connectivity index (χ1v) is 11.2. The largest absolute Gasteiger partial charge is 0.542 e. The van der Waals surface area contributed by atoms with Crippen LogP contribution in [0.1, 0.15) is 40.2 Å². The maximum Gasteiger partial charge on any atom is 0.430 e. The number of ether oxygens (including phenoxy) is 1. The van der Waals surface area contributed by atoms with Gasteiger partial charge in [-0.15, -0.1) is 0 Å². The van der Waals surface area contributed by atoms with E-state index in [4.69, 9.17) is 26.8 Å². The molecule has 0 amide bonds. The van der Waals surface area contributed by atoms with E-state index in [1.807, 2.05) is 6.07 Å². The fourth-order valence-electron chi connectivity index (χ4n) is 2.74. The van der Waals surface area contributed by atoms with Crippen molar-refractivity contribution in [3.8, 4) is 6.07 Å². The molecule has 182 valence electrons. The highest BCUT2D eigenvalue weighted by atomic mass is 35.5. The minimum absolute atomic E-state index is 0.0146. The number of esters is 1. The predicted molar refractivity (Wildman–Crippen MR) is 110 cm³/mol. The average Bonchev–Trinajstić information content (AvgIpc) is 3.59. The number of quaternary nitrogens is 1. The van der Waals surface area contributed by atoms with Gasteiger partial charge in [0.15, 0.2) is 5.69 Å². The first kappa shape index (κ1) is 26.9. The quantitative estimate of drug-likeness (QED) is 0.569. The van der Waals surface area contributed by atoms with E-state index in [2.05, 4.69) is 15.2 Å². The van der Waals surface area contributed by atoms with Gasteiger partial charge in [0.25, 0.3) is 10.0 Å². The molecule has 0 atom stereocenters. The first-order valence-electron chi connectivity index (χ1n) is 9.30. The lowest BCUT2D eigenvalue weighted by atomic mass is 10.1. The Morgan fingerprint density at radius 2 is 1.85 bits per heavy atom. The molecule has 0 unspecified atom stereocenters. The normalized spacial score (nSPS) is 13.2. The van der Waals surface area contributed by atoms with Gasteiger partial charge in [0.2, 0.25) is 0 Å². The molecule has 0 saturated heterocycles. The third kappa shape index (κ3) is 6.60. The number of carboxylic acids is 1. The number of aliphatic carboxylic acids is 1. The van der Waals surface area contributed by atoms with Crippen LogP contribution in [-0.2, 0) is 19.6 Å². The van der Waals surface area contributed by atoms with Crippen LogP contribution in [0.2, 0.25) is 5.02 Å². The monoisotopic (exact) mass is 519 g/mol. The van der Waals surface area contributed by atoms with Crippen molar-refractivity contribution in [1.29, 1.82) is 5.26 Å². The second kappa shape index (κ2) is 10.3. The second-order valence-corrected chi connectivity index (χ2v) is 9.07. The third-order valence-electron chi connectivity index (χ3n) is 4.53. The lowest BCUT2D eigenvalue weighted by Gasteiger charge is -2.14. The van der Waals surface area contributed by atoms with Crippen molar-refractivity contribution in [2.24, 2.45) is 0 Å². The minimum atomic E-state index is -5.19. The Morgan fingerprint density at radius 3 is 2.32 bits per heavy atom. The zero-order valence-corrected chi connectivity index (χ0v) is 19.0. The number of carboxylic acid groups (broad SMARTS) is 1. The van der Waals surface area contributed by atoms with Gasteiger partial charge in [-0.25, -0.2) is 13.2 Å². The van der Waals surface area contributed by atoms with E-state index in [1.54, 1.807) is 12.1 Å². The van der Waals surface area contributed by atoms with Crippen LogP contribution in [0.15, 0.2) is 35.2 Å². The van der Waals surface area contributed by atoms with E-state index in [1.165, 1.54) is 25.3 Å². The molecule has 1 saturated carbocycles. The highest BCUT2D eigenvalue weighted by Gasteiger charge is 2.32. The molecule has 0 spiro atoms. The van der Waals surface area contributed by atoms with Gasteiger partial charge in [0.05, 0.1) is 28.2 Å². The van der Waals surface area contributed by atoms with Crippen LogP contribution in [-0.4, -0.2) is 33.6 Å². The standard InChI is InChI=1S/C18H16ClN3O4S.C2HF3O2/c1-26-18(23)11-4-5-13(10-2-3-10)17(7-11)27(24,25)22-16-6-12(9-20)14(19)8-15(16)21;3-2(4,5)1(6)7/h4-8,10,22H,2-3,21H2,1H3;(H,6,7). The van der Waals surface area contributed by atoms with Crippen LogP contribution in [0.25, 0.3) is 0 Å². The number of hydrogen-bond acceptors (Lipinski definition) is 7. The van der Waals surface area contributed by atoms with Gasteiger partial charge in [-0.05, 0) is 42.5 Å². The Morgan fingerprint density at radius 1 is 1.26 bits per heavy atom. The number of halogens is 4. The maximum atomic E-state index is 13.0. The summed E-state index contributed by atoms with van der Waals surface area (Å²) in [5, 5.41) is 18.1. The summed E-state index contributed by atoms with van der Waals surface area (Å²) in [5.41, 5.74) is 5.18. The molecule has 14 heteroatoms. The van der Waals surface area contributed by atoms with Crippen molar-refractivity contribution in [3.63, 3.8) is 0 Å². The molecule has 2 aromatic rings. The van der Waals surface area contributed by atoms with Crippen molar-refractivity contribution in [3.05, 3.63) is 52.0 Å². The van der Waals surface area contributed by atoms with Gasteiger partial charge in [0.1, 0.15) is 17.7 Å². The molecule has 0 bridgehead atoms. The number of nitrogens with zero attached hydrogens (tertiary/aromatic N) is 1. The SMILES string of the molecule is COC(=O)c1ccc(C2CC2)c(S(=O)(=O)Nc2cc(C#N)c(Cl)cc2[NH3+])c1.O=C([O-])C(F)(F)F. The van der Waals surface area contributed by atoms with Crippen molar-refractivity contribution in [2.45, 2.75) is 29.8 Å². The van der Waals surface area contributed by atoms with E-state index < -0.39 is 28.1 Å². The molecule has 0 aromatic heterocycles. The predicted octanol–water partition coefficient (Wildman–Crippen LogP) is 1.85. The molecule has 1 aliphatic rings. The summed E-state index contributed by atoms with van der Waals surface area (Å²) in [5.74, 6) is -3.49. The Bertz CT molecular complexity index is 1270. The van der Waals surface area contributed by atoms with E-state index in [9.17, 15) is 26.4 Å². The van der Waals surface area contributed by atoms with Gasteiger partial charge in [-0.1, -0.05) is 17.7 Å². The summed E-state index contributed by atoms with van der Waals surface area (Å²) in [7, 11) is -2.79. The Labute approximate surface area is 196 Å². The van der Waals surface area contributed by atoms with E-state index in [0.29, 0.717) is 11.3 Å². The molecule has 0 radical (unpaired) electrons. The molecule has 3 rings (SSSR count). The summed E-state index contributed by atoms with van der Waals surface area (Å²) >= 11 is 5.95. The van der Waals surface area contributed by atoms with Gasteiger partial charge >= 0.3 is 12.1 Å². The fourth-order valence-corrected chi connectivity index (χ4v) is 4.38. The van der Waals surface area contributed by atoms with Gasteiger partial charge in [-0.2, -0.15) is 18.4 Å². The van der Waals surface area contributed by atoms with E-state index >= 15 is 0 Å².